The van der Waals surface area contributed by atoms with Crippen LogP contribution in [0.2, 0.25) is 0 Å². The topological polar surface area (TPSA) is 297 Å². The number of ketones is 1. The Bertz CT molecular complexity index is 1820. The van der Waals surface area contributed by atoms with E-state index in [9.17, 15) is 53.4 Å². The van der Waals surface area contributed by atoms with Gasteiger partial charge in [0.2, 0.25) is 41.2 Å². The van der Waals surface area contributed by atoms with Crippen LogP contribution in [0, 0.1) is 29.6 Å². The van der Waals surface area contributed by atoms with Gasteiger partial charge in [-0.2, -0.15) is 0 Å². The maximum absolute atomic E-state index is 14.2. The molecular formula is C47H77N7O14. The first-order valence-corrected chi connectivity index (χ1v) is 24.4. The molecule has 1 unspecified atom stereocenters. The molecule has 3 saturated heterocycles. The number of aliphatic hydroxyl groups is 2. The number of cyclic esters (lactones) is 1. The zero-order valence-electron chi connectivity index (χ0n) is 41.1. The first kappa shape index (κ1) is 55.9. The van der Waals surface area contributed by atoms with E-state index in [2.05, 4.69) is 31.9 Å². The molecule has 4 aliphatic rings. The van der Waals surface area contributed by atoms with Crippen LogP contribution in [0.3, 0.4) is 0 Å². The number of carbonyl (C=O) groups is 9. The molecule has 1 aliphatic carbocycles. The lowest BCUT2D eigenvalue weighted by Crippen LogP contribution is -2.61. The molecule has 7 amide bonds. The van der Waals surface area contributed by atoms with Crippen molar-refractivity contribution in [3.63, 3.8) is 0 Å². The average Bonchev–Trinajstić information content (AvgIpc) is 3.28. The van der Waals surface area contributed by atoms with Crippen LogP contribution >= 0.6 is 0 Å². The summed E-state index contributed by atoms with van der Waals surface area (Å²) in [6, 6.07) is -4.49. The predicted octanol–water partition coefficient (Wildman–Crippen LogP) is -0.127. The average molecular weight is 964 g/mol. The Morgan fingerprint density at radius 2 is 1.46 bits per heavy atom. The molecule has 0 aromatic carbocycles. The van der Waals surface area contributed by atoms with Crippen LogP contribution in [-0.4, -0.2) is 156 Å². The second-order valence-corrected chi connectivity index (χ2v) is 20.0. The molecular weight excluding hydrogens is 887 g/mol. The van der Waals surface area contributed by atoms with Crippen molar-refractivity contribution in [1.82, 2.24) is 36.8 Å². The van der Waals surface area contributed by atoms with Gasteiger partial charge in [-0.1, -0.05) is 41.5 Å². The molecule has 0 aromatic rings. The molecule has 4 fully saturated rings. The smallest absolute Gasteiger partial charge is 0.329 e. The molecule has 3 heterocycles. The van der Waals surface area contributed by atoms with Gasteiger partial charge in [0.1, 0.15) is 30.3 Å². The van der Waals surface area contributed by atoms with E-state index in [1.807, 2.05) is 20.8 Å². The van der Waals surface area contributed by atoms with E-state index < -0.39 is 132 Å². The van der Waals surface area contributed by atoms with E-state index in [0.717, 1.165) is 4.90 Å². The first-order valence-electron chi connectivity index (χ1n) is 24.4. The fourth-order valence-corrected chi connectivity index (χ4v) is 9.46. The molecule has 68 heavy (non-hydrogen) atoms. The van der Waals surface area contributed by atoms with Crippen LogP contribution in [-0.2, 0) is 57.4 Å². The van der Waals surface area contributed by atoms with E-state index in [0.29, 0.717) is 38.5 Å². The summed E-state index contributed by atoms with van der Waals surface area (Å²) in [7, 11) is 1.52. The molecule has 1 saturated carbocycles. The number of carbonyl (C=O) groups excluding carboxylic acids is 9. The van der Waals surface area contributed by atoms with Crippen molar-refractivity contribution in [3.05, 3.63) is 0 Å². The second-order valence-electron chi connectivity index (χ2n) is 20.0. The third-order valence-electron chi connectivity index (χ3n) is 13.6. The number of ether oxygens (including phenoxy) is 3. The van der Waals surface area contributed by atoms with E-state index in [-0.39, 0.29) is 70.0 Å². The monoisotopic (exact) mass is 964 g/mol. The number of hydrogen-bond acceptors (Lipinski definition) is 14. The Kier molecular flexibility index (Phi) is 21.2. The number of Topliss-reactive ketones (excluding diaryl/α,β-unsaturated/α-hetero) is 1. The first-order chi connectivity index (χ1) is 32.0. The normalized spacial score (nSPS) is 33.8. The highest BCUT2D eigenvalue weighted by Gasteiger charge is 2.53. The Morgan fingerprint density at radius 1 is 0.765 bits per heavy atom. The Morgan fingerprint density at radius 3 is 2.13 bits per heavy atom. The van der Waals surface area contributed by atoms with Crippen molar-refractivity contribution in [2.45, 2.75) is 180 Å². The molecule has 4 rings (SSSR count). The molecule has 3 aliphatic heterocycles. The summed E-state index contributed by atoms with van der Waals surface area (Å²) in [5, 5.41) is 38.0. The summed E-state index contributed by atoms with van der Waals surface area (Å²) in [5.41, 5.74) is 0. The number of nitrogens with zero attached hydrogens (tertiary/aromatic N) is 1. The minimum absolute atomic E-state index is 0.00527. The van der Waals surface area contributed by atoms with Crippen LogP contribution in [0.1, 0.15) is 126 Å². The van der Waals surface area contributed by atoms with Gasteiger partial charge in [0.15, 0.2) is 0 Å². The third kappa shape index (κ3) is 15.6. The van der Waals surface area contributed by atoms with Gasteiger partial charge in [-0.25, -0.2) is 4.79 Å². The Balaban J connectivity index is 1.61. The maximum atomic E-state index is 14.2. The second kappa shape index (κ2) is 25.8. The van der Waals surface area contributed by atoms with Crippen molar-refractivity contribution in [3.8, 4) is 0 Å². The van der Waals surface area contributed by atoms with Gasteiger partial charge in [-0.05, 0) is 94.8 Å². The van der Waals surface area contributed by atoms with Crippen LogP contribution in [0.5, 0.6) is 0 Å². The van der Waals surface area contributed by atoms with Gasteiger partial charge in [-0.3, -0.25) is 38.4 Å². The quantitative estimate of drug-likeness (QED) is 0.122. The number of aliphatic hydroxyl groups excluding tert-OH is 1. The molecule has 0 aromatic heterocycles. The van der Waals surface area contributed by atoms with E-state index >= 15 is 0 Å². The summed E-state index contributed by atoms with van der Waals surface area (Å²) in [5.74, 6) is -11.4. The van der Waals surface area contributed by atoms with E-state index in [1.54, 1.807) is 20.8 Å². The molecule has 0 spiro atoms. The number of methoxy groups -OCH3 is 1. The summed E-state index contributed by atoms with van der Waals surface area (Å²) in [6.07, 6.45) is 0.275. The zero-order valence-corrected chi connectivity index (χ0v) is 41.1. The van der Waals surface area contributed by atoms with Gasteiger partial charge >= 0.3 is 5.97 Å². The lowest BCUT2D eigenvalue weighted by Gasteiger charge is -2.42. The number of esters is 1. The molecule has 21 heteroatoms. The van der Waals surface area contributed by atoms with E-state index in [4.69, 9.17) is 14.2 Å². The minimum Gasteiger partial charge on any atom is -0.460 e. The summed E-state index contributed by atoms with van der Waals surface area (Å²) in [6.45, 7) is 11.3. The largest absolute Gasteiger partial charge is 0.460 e. The van der Waals surface area contributed by atoms with Gasteiger partial charge in [-0.15, -0.1) is 0 Å². The predicted molar refractivity (Wildman–Crippen MR) is 244 cm³/mol. The fourth-order valence-electron chi connectivity index (χ4n) is 9.46. The molecule has 384 valence electrons. The van der Waals surface area contributed by atoms with Crippen LogP contribution in [0.4, 0.5) is 0 Å². The Labute approximate surface area is 399 Å². The molecule has 0 radical (unpaired) electrons. The minimum atomic E-state index is -2.61. The third-order valence-corrected chi connectivity index (χ3v) is 13.6. The summed E-state index contributed by atoms with van der Waals surface area (Å²) in [4.78, 5) is 123. The summed E-state index contributed by atoms with van der Waals surface area (Å²) < 4.78 is 17.5. The van der Waals surface area contributed by atoms with Crippen LogP contribution in [0.25, 0.3) is 0 Å². The molecule has 2 bridgehead atoms. The lowest BCUT2D eigenvalue weighted by molar-refractivity contribution is -0.262. The van der Waals surface area contributed by atoms with Crippen molar-refractivity contribution in [2.24, 2.45) is 29.6 Å². The number of piperidine rings is 1. The van der Waals surface area contributed by atoms with Crippen molar-refractivity contribution >= 4 is 53.1 Å². The van der Waals surface area contributed by atoms with Crippen LogP contribution < -0.4 is 31.9 Å². The van der Waals surface area contributed by atoms with Crippen molar-refractivity contribution in [1.29, 1.82) is 0 Å². The number of nitrogens with one attached hydrogen (secondary N) is 6. The van der Waals surface area contributed by atoms with Crippen molar-refractivity contribution < 1.29 is 67.6 Å². The SMILES string of the molecule is CO[C@@H]1C[C@H](C[C@@H](C)[C@@H]2CC(=O)NCC(=O)N[C@@H](C(C)C)C(=O)N[C@@H](C)C(=O)N[C@@H](CC(C)C)C(=O)NCCNC(=O)C[C@@H]3CC[C@@H](C)C(O)(O3)C(=O)C(=O)N3CCCC[C@H]3C(=O)O2)CC[C@H]1O. The zero-order chi connectivity index (χ0) is 50.5. The lowest BCUT2D eigenvalue weighted by atomic mass is 9.79. The van der Waals surface area contributed by atoms with Gasteiger partial charge in [0.05, 0.1) is 37.7 Å². The molecule has 12 atom stereocenters. The molecule has 8 N–H and O–H groups in total. The highest BCUT2D eigenvalue weighted by atomic mass is 16.6. The van der Waals surface area contributed by atoms with Gasteiger partial charge in [0, 0.05) is 32.7 Å². The molecule has 21 nitrogen and oxygen atoms in total. The maximum Gasteiger partial charge on any atom is 0.329 e. The summed E-state index contributed by atoms with van der Waals surface area (Å²) >= 11 is 0. The number of amides is 7. The van der Waals surface area contributed by atoms with Gasteiger partial charge in [0.25, 0.3) is 11.7 Å². The Hall–Kier alpha value is -4.73. The van der Waals surface area contributed by atoms with Crippen LogP contribution in [0.15, 0.2) is 0 Å². The number of fused-ring (bicyclic) bond motifs is 3. The van der Waals surface area contributed by atoms with E-state index in [1.165, 1.54) is 14.0 Å². The van der Waals surface area contributed by atoms with Gasteiger partial charge < -0.3 is 61.2 Å². The number of hydrogen-bond donors (Lipinski definition) is 8. The highest BCUT2D eigenvalue weighted by molar-refractivity contribution is 6.39. The fraction of sp³-hybridized carbons (Fsp3) is 0.809. The standard InChI is InChI=1S/C47H77N7O14/c1-25(2)19-32-43(61)49-17-16-48-37(56)22-31-14-12-28(6)47(65,68-31)41(59)45(63)54-18-10-9-11-33(54)46(64)67-35(27(5)20-30-13-15-34(55)36(21-30)66-8)23-38(57)50-24-39(58)53-40(26(3)4)44(62)51-29(7)42(60)52-32/h25-36,40,55,65H,9-24H2,1-8H3,(H,48,56)(H,49,61)(H,50,57)(H,51,62)(H,52,60)(H,53,58)/t27-,28-,29+,30+,31+,32+,33+,34-,35+,36-,40+,47?/m1/s1. The van der Waals surface area contributed by atoms with Crippen molar-refractivity contribution in [2.75, 3.05) is 33.3 Å². The highest BCUT2D eigenvalue weighted by Crippen LogP contribution is 2.36. The number of rotatable bonds is 7.